The number of unbranched alkanes of at least 4 members (excludes halogenated alkanes) is 2. The predicted molar refractivity (Wildman–Crippen MR) is 187 cm³/mol. The van der Waals surface area contributed by atoms with Crippen LogP contribution in [0.15, 0.2) is 16.6 Å². The van der Waals surface area contributed by atoms with E-state index in [-0.39, 0.29) is 0 Å². The molecule has 0 aromatic rings. The third kappa shape index (κ3) is 8.41. The Kier molecular flexibility index (Phi) is 14.8. The molecule has 0 radical (unpaired) electrons. The molecule has 0 amide bonds. The van der Waals surface area contributed by atoms with Gasteiger partial charge in [0.05, 0.1) is 17.5 Å². The molecule has 3 aliphatic rings. The third-order valence-corrected chi connectivity index (χ3v) is 13.1. The maximum absolute atomic E-state index is 9.18. The van der Waals surface area contributed by atoms with Crippen LogP contribution in [-0.4, -0.2) is 17.5 Å². The smallest absolute Gasteiger partial charge is 0.0752 e. The summed E-state index contributed by atoms with van der Waals surface area (Å²) >= 11 is 0. The summed E-state index contributed by atoms with van der Waals surface area (Å²) in [6, 6.07) is 0.367. The van der Waals surface area contributed by atoms with Crippen LogP contribution in [0.5, 0.6) is 0 Å². The first kappa shape index (κ1) is 35.6. The van der Waals surface area contributed by atoms with E-state index in [0.29, 0.717) is 34.6 Å². The highest BCUT2D eigenvalue weighted by molar-refractivity contribution is 6.46. The van der Waals surface area contributed by atoms with Gasteiger partial charge in [0.2, 0.25) is 0 Å². The largest absolute Gasteiger partial charge is 0.299 e. The van der Waals surface area contributed by atoms with Gasteiger partial charge in [-0.25, -0.2) is 0 Å². The highest BCUT2D eigenvalue weighted by Crippen LogP contribution is 2.61. The fourth-order valence-corrected chi connectivity index (χ4v) is 10.3. The maximum Gasteiger partial charge on any atom is 0.0752 e. The van der Waals surface area contributed by atoms with Gasteiger partial charge in [-0.2, -0.15) is 0 Å². The second-order valence-corrected chi connectivity index (χ2v) is 15.3. The summed E-state index contributed by atoms with van der Waals surface area (Å²) in [5, 5.41) is 9.18. The lowest BCUT2D eigenvalue weighted by Gasteiger charge is -2.57. The van der Waals surface area contributed by atoms with E-state index < -0.39 is 0 Å². The summed E-state index contributed by atoms with van der Waals surface area (Å²) in [5.41, 5.74) is 4.25. The minimum absolute atomic E-state index is 0.367. The molecule has 6 unspecified atom stereocenters. The van der Waals surface area contributed by atoms with Crippen molar-refractivity contribution in [2.24, 2.45) is 39.5 Å². The summed E-state index contributed by atoms with van der Waals surface area (Å²) in [6.07, 6.45) is 31.4. The molecule has 242 valence electrons. The Labute approximate surface area is 263 Å². The lowest BCUT2D eigenvalue weighted by atomic mass is 9.47. The number of nitrogens with one attached hydrogen (secondary N) is 1. The van der Waals surface area contributed by atoms with Crippen molar-refractivity contribution in [2.75, 3.05) is 0 Å². The average Bonchev–Trinajstić information content (AvgIpc) is 3.10. The van der Waals surface area contributed by atoms with E-state index in [4.69, 9.17) is 4.99 Å². The van der Waals surface area contributed by atoms with Crippen molar-refractivity contribution in [2.45, 2.75) is 196 Å². The molecule has 2 nitrogen and oxygen atoms in total. The fraction of sp³-hybridized carbons (Fsp3) is 0.900. The summed E-state index contributed by atoms with van der Waals surface area (Å²) in [4.78, 5) is 5.72. The summed E-state index contributed by atoms with van der Waals surface area (Å²) < 4.78 is 0. The summed E-state index contributed by atoms with van der Waals surface area (Å²) in [7, 11) is 0. The predicted octanol–water partition coefficient (Wildman–Crippen LogP) is 12.9. The van der Waals surface area contributed by atoms with E-state index in [1.54, 1.807) is 0 Å². The Bertz CT molecular complexity index is 861. The normalized spacial score (nSPS) is 32.3. The van der Waals surface area contributed by atoms with Crippen molar-refractivity contribution < 1.29 is 0 Å². The molecule has 42 heavy (non-hydrogen) atoms. The third-order valence-electron chi connectivity index (χ3n) is 13.1. The molecule has 0 spiro atoms. The summed E-state index contributed by atoms with van der Waals surface area (Å²) in [5.74, 6) is 2.68. The van der Waals surface area contributed by atoms with Crippen LogP contribution in [0.1, 0.15) is 190 Å². The lowest BCUT2D eigenvalue weighted by molar-refractivity contribution is -0.0826. The molecule has 1 N–H and O–H groups in total. The zero-order valence-corrected chi connectivity index (χ0v) is 29.5. The second-order valence-electron chi connectivity index (χ2n) is 15.3. The molecule has 1 aliphatic heterocycles. The number of aliphatic imine (C=N–C) groups is 1. The molecule has 2 heteroatoms. The van der Waals surface area contributed by atoms with Crippen molar-refractivity contribution in [1.29, 1.82) is 5.41 Å². The van der Waals surface area contributed by atoms with Gasteiger partial charge >= 0.3 is 0 Å². The first-order valence-corrected chi connectivity index (χ1v) is 19.2. The lowest BCUT2D eigenvalue weighted by Crippen LogP contribution is -2.50. The van der Waals surface area contributed by atoms with Crippen LogP contribution >= 0.6 is 0 Å². The second kappa shape index (κ2) is 17.5. The van der Waals surface area contributed by atoms with Gasteiger partial charge in [-0.05, 0) is 98.9 Å². The van der Waals surface area contributed by atoms with E-state index in [9.17, 15) is 5.41 Å². The van der Waals surface area contributed by atoms with Crippen LogP contribution < -0.4 is 0 Å². The standard InChI is InChI=1S/C40H72N2/c1-8-13-21-27-40(12-5,26-9-2)39(7)31(6)28-34(24-19-20-25-35(39)11-4)37-30-32(10-3)29-36(41)38(42-37)33-22-17-15-14-16-18-23-33/h29,31,33-35,37,41H,8-28,30H2,1-7H3. The zero-order valence-electron chi connectivity index (χ0n) is 29.5. The number of nitrogens with zero attached hydrogens (tertiary/aromatic N) is 1. The fourth-order valence-electron chi connectivity index (χ4n) is 10.3. The van der Waals surface area contributed by atoms with Gasteiger partial charge in [0.25, 0.3) is 0 Å². The molecule has 3 rings (SSSR count). The number of allylic oxidation sites excluding steroid dienone is 1. The van der Waals surface area contributed by atoms with E-state index in [1.807, 2.05) is 0 Å². The van der Waals surface area contributed by atoms with Crippen molar-refractivity contribution in [1.82, 2.24) is 0 Å². The van der Waals surface area contributed by atoms with Gasteiger partial charge in [0.1, 0.15) is 0 Å². The zero-order chi connectivity index (χ0) is 30.6. The van der Waals surface area contributed by atoms with Gasteiger partial charge in [-0.3, -0.25) is 10.4 Å². The molecule has 2 fully saturated rings. The Morgan fingerprint density at radius 1 is 0.857 bits per heavy atom. The molecular weight excluding hydrogens is 508 g/mol. The molecule has 0 saturated heterocycles. The average molecular weight is 581 g/mol. The van der Waals surface area contributed by atoms with Gasteiger partial charge in [-0.15, -0.1) is 0 Å². The number of rotatable bonds is 12. The molecule has 2 saturated carbocycles. The topological polar surface area (TPSA) is 36.2 Å². The SMILES string of the molecule is CCCCCC(CC)(CCC)C1(C)C(C)CC(C2CC(CC)=CC(=N)C(C3CCCCCCC3)=N2)CCCCC1CC. The van der Waals surface area contributed by atoms with Crippen LogP contribution in [-0.2, 0) is 0 Å². The van der Waals surface area contributed by atoms with Crippen LogP contribution in [0.3, 0.4) is 0 Å². The van der Waals surface area contributed by atoms with Crippen LogP contribution in [0.4, 0.5) is 0 Å². The van der Waals surface area contributed by atoms with E-state index in [0.717, 1.165) is 24.5 Å². The van der Waals surface area contributed by atoms with Gasteiger partial charge < -0.3 is 0 Å². The molecule has 2 aliphatic carbocycles. The minimum atomic E-state index is 0.367. The van der Waals surface area contributed by atoms with Crippen LogP contribution in [0.25, 0.3) is 0 Å². The van der Waals surface area contributed by atoms with E-state index >= 15 is 0 Å². The highest BCUT2D eigenvalue weighted by atomic mass is 14.8. The molecular formula is C40H72N2. The van der Waals surface area contributed by atoms with Crippen LogP contribution in [0.2, 0.25) is 0 Å². The van der Waals surface area contributed by atoms with Crippen molar-refractivity contribution in [3.05, 3.63) is 11.6 Å². The highest BCUT2D eigenvalue weighted by Gasteiger charge is 2.53. The van der Waals surface area contributed by atoms with Gasteiger partial charge in [-0.1, -0.05) is 131 Å². The molecule has 6 atom stereocenters. The minimum Gasteiger partial charge on any atom is -0.299 e. The Morgan fingerprint density at radius 2 is 1.52 bits per heavy atom. The van der Waals surface area contributed by atoms with Crippen molar-refractivity contribution in [3.63, 3.8) is 0 Å². The first-order chi connectivity index (χ1) is 20.3. The Morgan fingerprint density at radius 3 is 2.14 bits per heavy atom. The molecule has 0 aromatic carbocycles. The van der Waals surface area contributed by atoms with Gasteiger partial charge in [0.15, 0.2) is 0 Å². The Hall–Kier alpha value is -0.920. The van der Waals surface area contributed by atoms with E-state index in [1.165, 1.54) is 140 Å². The molecule has 0 aromatic heterocycles. The van der Waals surface area contributed by atoms with E-state index in [2.05, 4.69) is 54.5 Å². The Balaban J connectivity index is 2.01. The monoisotopic (exact) mass is 581 g/mol. The first-order valence-electron chi connectivity index (χ1n) is 19.2. The molecule has 0 bridgehead atoms. The van der Waals surface area contributed by atoms with Crippen molar-refractivity contribution in [3.8, 4) is 0 Å². The maximum atomic E-state index is 9.18. The van der Waals surface area contributed by atoms with Gasteiger partial charge in [0, 0.05) is 5.92 Å². The van der Waals surface area contributed by atoms with Crippen LogP contribution in [0, 0.1) is 39.9 Å². The quantitative estimate of drug-likeness (QED) is 0.223. The van der Waals surface area contributed by atoms with Crippen molar-refractivity contribution >= 4 is 11.4 Å². The summed E-state index contributed by atoms with van der Waals surface area (Å²) in [6.45, 7) is 17.6. The number of hydrogen-bond donors (Lipinski definition) is 1. The number of hydrogen-bond acceptors (Lipinski definition) is 2. The molecule has 1 heterocycles.